The number of halogens is 1. The van der Waals surface area contributed by atoms with Gasteiger partial charge in [-0.05, 0) is 25.1 Å². The van der Waals surface area contributed by atoms with Crippen LogP contribution < -0.4 is 4.90 Å². The first-order valence-corrected chi connectivity index (χ1v) is 5.45. The third-order valence-corrected chi connectivity index (χ3v) is 3.08. The molecule has 1 heterocycles. The third-order valence-electron chi connectivity index (χ3n) is 2.59. The van der Waals surface area contributed by atoms with Crippen molar-refractivity contribution in [3.8, 4) is 0 Å². The predicted molar refractivity (Wildman–Crippen MR) is 61.1 cm³/mol. The summed E-state index contributed by atoms with van der Waals surface area (Å²) in [6.45, 7) is 3.22. The standard InChI is InChI=1S/C11H10BrNO2/c1-6-11(15)9-5-8(12)3-4-10(9)13(6)7(2)14/h3-6H,1-2H3/t6-/m1/s1. The number of Topliss-reactive ketones (excluding diaryl/α,β-unsaturated/α-hetero) is 1. The highest BCUT2D eigenvalue weighted by Crippen LogP contribution is 2.33. The summed E-state index contributed by atoms with van der Waals surface area (Å²) in [6, 6.07) is 5.01. The van der Waals surface area contributed by atoms with Crippen LogP contribution in [-0.4, -0.2) is 17.7 Å². The first-order valence-electron chi connectivity index (χ1n) is 4.66. The fourth-order valence-corrected chi connectivity index (χ4v) is 2.27. The van der Waals surface area contributed by atoms with Gasteiger partial charge in [0.05, 0.1) is 11.7 Å². The molecule has 0 aromatic heterocycles. The molecule has 15 heavy (non-hydrogen) atoms. The van der Waals surface area contributed by atoms with Crippen molar-refractivity contribution in [2.75, 3.05) is 4.90 Å². The van der Waals surface area contributed by atoms with Gasteiger partial charge in [0, 0.05) is 17.0 Å². The van der Waals surface area contributed by atoms with Crippen molar-refractivity contribution in [3.63, 3.8) is 0 Å². The van der Waals surface area contributed by atoms with E-state index in [0.29, 0.717) is 11.3 Å². The van der Waals surface area contributed by atoms with Gasteiger partial charge in [-0.1, -0.05) is 15.9 Å². The van der Waals surface area contributed by atoms with Crippen molar-refractivity contribution < 1.29 is 9.59 Å². The van der Waals surface area contributed by atoms with E-state index in [2.05, 4.69) is 15.9 Å². The zero-order chi connectivity index (χ0) is 11.2. The van der Waals surface area contributed by atoms with Crippen molar-refractivity contribution >= 4 is 33.3 Å². The Bertz CT molecular complexity index is 456. The molecule has 1 amide bonds. The van der Waals surface area contributed by atoms with Crippen molar-refractivity contribution in [1.29, 1.82) is 0 Å². The minimum Gasteiger partial charge on any atom is -0.301 e. The summed E-state index contributed by atoms with van der Waals surface area (Å²) in [5, 5.41) is 0. The molecule has 0 bridgehead atoms. The van der Waals surface area contributed by atoms with Crippen LogP contribution in [0.2, 0.25) is 0 Å². The normalized spacial score (nSPS) is 19.3. The average Bonchev–Trinajstić information content (AvgIpc) is 2.41. The van der Waals surface area contributed by atoms with Gasteiger partial charge in [-0.15, -0.1) is 0 Å². The van der Waals surface area contributed by atoms with E-state index in [0.717, 1.165) is 4.47 Å². The lowest BCUT2D eigenvalue weighted by atomic mass is 10.1. The molecule has 0 saturated heterocycles. The Kier molecular flexibility index (Phi) is 2.38. The first-order chi connectivity index (χ1) is 7.02. The molecule has 3 nitrogen and oxygen atoms in total. The molecule has 2 rings (SSSR count). The Morgan fingerprint density at radius 1 is 1.47 bits per heavy atom. The van der Waals surface area contributed by atoms with Crippen LogP contribution in [0.4, 0.5) is 5.69 Å². The van der Waals surface area contributed by atoms with Crippen LogP contribution >= 0.6 is 15.9 Å². The molecule has 1 aliphatic heterocycles. The Morgan fingerprint density at radius 3 is 2.73 bits per heavy atom. The van der Waals surface area contributed by atoms with Crippen molar-refractivity contribution in [3.05, 3.63) is 28.2 Å². The monoisotopic (exact) mass is 267 g/mol. The highest BCUT2D eigenvalue weighted by Gasteiger charge is 2.36. The molecule has 1 aromatic rings. The Balaban J connectivity index is 2.60. The van der Waals surface area contributed by atoms with E-state index >= 15 is 0 Å². The van der Waals surface area contributed by atoms with E-state index in [1.807, 2.05) is 6.07 Å². The average molecular weight is 268 g/mol. The second kappa shape index (κ2) is 3.45. The van der Waals surface area contributed by atoms with Gasteiger partial charge in [-0.2, -0.15) is 0 Å². The van der Waals surface area contributed by atoms with Crippen molar-refractivity contribution in [2.45, 2.75) is 19.9 Å². The Morgan fingerprint density at radius 2 is 2.13 bits per heavy atom. The summed E-state index contributed by atoms with van der Waals surface area (Å²) < 4.78 is 0.854. The van der Waals surface area contributed by atoms with E-state index in [-0.39, 0.29) is 17.7 Å². The van der Waals surface area contributed by atoms with Crippen LogP contribution in [0.15, 0.2) is 22.7 Å². The number of benzene rings is 1. The maximum Gasteiger partial charge on any atom is 0.224 e. The summed E-state index contributed by atoms with van der Waals surface area (Å²) in [4.78, 5) is 24.8. The highest BCUT2D eigenvalue weighted by molar-refractivity contribution is 9.10. The predicted octanol–water partition coefficient (Wildman–Crippen LogP) is 2.39. The van der Waals surface area contributed by atoms with E-state index in [1.54, 1.807) is 19.1 Å². The number of fused-ring (bicyclic) bond motifs is 1. The maximum absolute atomic E-state index is 11.8. The smallest absolute Gasteiger partial charge is 0.224 e. The number of carbonyl (C=O) groups excluding carboxylic acids is 2. The fraction of sp³-hybridized carbons (Fsp3) is 0.273. The molecule has 0 saturated carbocycles. The summed E-state index contributed by atoms with van der Waals surface area (Å²) in [7, 11) is 0. The zero-order valence-corrected chi connectivity index (χ0v) is 10.0. The van der Waals surface area contributed by atoms with E-state index in [4.69, 9.17) is 0 Å². The van der Waals surface area contributed by atoms with Gasteiger partial charge in [-0.3, -0.25) is 9.59 Å². The van der Waals surface area contributed by atoms with Gasteiger partial charge in [0.25, 0.3) is 0 Å². The van der Waals surface area contributed by atoms with Gasteiger partial charge >= 0.3 is 0 Å². The molecule has 0 fully saturated rings. The van der Waals surface area contributed by atoms with Crippen LogP contribution in [-0.2, 0) is 4.79 Å². The lowest BCUT2D eigenvalue weighted by Gasteiger charge is -2.19. The summed E-state index contributed by atoms with van der Waals surface area (Å²) in [6.07, 6.45) is 0. The van der Waals surface area contributed by atoms with E-state index < -0.39 is 0 Å². The molecule has 1 aromatic carbocycles. The van der Waals surface area contributed by atoms with Crippen LogP contribution in [0.25, 0.3) is 0 Å². The van der Waals surface area contributed by atoms with E-state index in [9.17, 15) is 9.59 Å². The quantitative estimate of drug-likeness (QED) is 0.724. The summed E-state index contributed by atoms with van der Waals surface area (Å²) in [5.41, 5.74) is 1.33. The second-order valence-corrected chi connectivity index (χ2v) is 4.51. The third kappa shape index (κ3) is 1.49. The summed E-state index contributed by atoms with van der Waals surface area (Å²) in [5.74, 6) is -0.0987. The number of carbonyl (C=O) groups is 2. The second-order valence-electron chi connectivity index (χ2n) is 3.59. The first kappa shape index (κ1) is 10.4. The topological polar surface area (TPSA) is 37.4 Å². The number of hydrogen-bond donors (Lipinski definition) is 0. The highest BCUT2D eigenvalue weighted by atomic mass is 79.9. The molecule has 1 atom stereocenters. The zero-order valence-electron chi connectivity index (χ0n) is 8.45. The van der Waals surface area contributed by atoms with Gasteiger partial charge in [0.2, 0.25) is 5.91 Å². The molecular formula is C11H10BrNO2. The molecule has 78 valence electrons. The number of ketones is 1. The van der Waals surface area contributed by atoms with Crippen LogP contribution in [0.3, 0.4) is 0 Å². The molecule has 0 unspecified atom stereocenters. The Hall–Kier alpha value is -1.16. The lowest BCUT2D eigenvalue weighted by molar-refractivity contribution is -0.116. The van der Waals surface area contributed by atoms with Crippen molar-refractivity contribution in [1.82, 2.24) is 0 Å². The molecule has 0 aliphatic carbocycles. The van der Waals surface area contributed by atoms with Crippen molar-refractivity contribution in [2.24, 2.45) is 0 Å². The molecule has 4 heteroatoms. The number of anilines is 1. The molecule has 1 aliphatic rings. The van der Waals surface area contributed by atoms with Crippen LogP contribution in [0, 0.1) is 0 Å². The SMILES string of the molecule is CC(=O)N1c2ccc(Br)cc2C(=O)[C@H]1C. The van der Waals surface area contributed by atoms with Gasteiger partial charge < -0.3 is 4.90 Å². The summed E-state index contributed by atoms with van der Waals surface area (Å²) >= 11 is 3.31. The minimum absolute atomic E-state index is 0.00139. The fourth-order valence-electron chi connectivity index (χ4n) is 1.91. The maximum atomic E-state index is 11.8. The van der Waals surface area contributed by atoms with Gasteiger partial charge in [-0.25, -0.2) is 0 Å². The number of amides is 1. The van der Waals surface area contributed by atoms with Gasteiger partial charge in [0.15, 0.2) is 5.78 Å². The number of rotatable bonds is 0. The minimum atomic E-state index is -0.383. The van der Waals surface area contributed by atoms with E-state index in [1.165, 1.54) is 11.8 Å². The molecule has 0 N–H and O–H groups in total. The molecular weight excluding hydrogens is 258 g/mol. The van der Waals surface area contributed by atoms with Gasteiger partial charge in [0.1, 0.15) is 0 Å². The number of hydrogen-bond acceptors (Lipinski definition) is 2. The molecule has 0 radical (unpaired) electrons. The number of nitrogens with zero attached hydrogens (tertiary/aromatic N) is 1. The molecule has 0 spiro atoms. The Labute approximate surface area is 96.2 Å². The van der Waals surface area contributed by atoms with Crippen LogP contribution in [0.5, 0.6) is 0 Å². The largest absolute Gasteiger partial charge is 0.301 e. The lowest BCUT2D eigenvalue weighted by Crippen LogP contribution is -2.36. The van der Waals surface area contributed by atoms with Crippen LogP contribution in [0.1, 0.15) is 24.2 Å².